The molecule has 0 saturated heterocycles. The third-order valence-corrected chi connectivity index (χ3v) is 6.14. The van der Waals surface area contributed by atoms with E-state index < -0.39 is 10.7 Å². The summed E-state index contributed by atoms with van der Waals surface area (Å²) in [6.45, 7) is 16.5. The van der Waals surface area contributed by atoms with Crippen LogP contribution in [0.2, 0.25) is 0 Å². The van der Waals surface area contributed by atoms with Gasteiger partial charge in [0.15, 0.2) is 6.29 Å². The maximum atomic E-state index is 11.3. The molecule has 3 N–H and O–H groups in total. The highest BCUT2D eigenvalue weighted by molar-refractivity contribution is 8.01. The molecule has 0 fully saturated rings. The predicted octanol–water partition coefficient (Wildman–Crippen LogP) is 7.60. The first-order chi connectivity index (χ1) is 16.9. The number of hydrogen-bond acceptors (Lipinski definition) is 5. The number of aryl methyl sites for hydroxylation is 1. The maximum absolute atomic E-state index is 11.3. The van der Waals surface area contributed by atoms with E-state index in [-0.39, 0.29) is 0 Å². The standard InChI is InChI=1S/C19H24N2O3S.C6H12.C4H9N/c1-4-5-6-11-21-12-15(13-22)20-17(21)14-7-9-16(10-8-14)25-19(2,3)18(23)24;1-4-5-6(2)3;1-3-4(2)5/h7-10,12-13H,4-6,11H2,1-3H3,(H,23,24);4-6H,1-3H3;3H,5H2,1-2H3/b;5-4+;4-3+. The molecular weight excluding hydrogens is 470 g/mol. The number of rotatable bonds is 10. The molecule has 0 atom stereocenters. The second-order valence-corrected chi connectivity index (χ2v) is 10.9. The molecule has 7 heteroatoms. The molecule has 0 unspecified atom stereocenters. The highest BCUT2D eigenvalue weighted by atomic mass is 32.2. The van der Waals surface area contributed by atoms with Gasteiger partial charge in [-0.1, -0.05) is 64.0 Å². The van der Waals surface area contributed by atoms with Crippen molar-refractivity contribution in [2.45, 2.75) is 90.8 Å². The SMILES string of the molecule is C/C=C(\C)N.C/C=C/C(C)C.CCCCCn1cc(C=O)nc1-c1ccc(SC(C)(C)C(=O)O)cc1. The number of hydrogen-bond donors (Lipinski definition) is 2. The van der Waals surface area contributed by atoms with Gasteiger partial charge < -0.3 is 15.4 Å². The lowest BCUT2D eigenvalue weighted by Gasteiger charge is -2.18. The lowest BCUT2D eigenvalue weighted by molar-refractivity contribution is -0.138. The summed E-state index contributed by atoms with van der Waals surface area (Å²) in [5.74, 6) is 0.644. The topological polar surface area (TPSA) is 98.2 Å². The van der Waals surface area contributed by atoms with Crippen molar-refractivity contribution in [3.63, 3.8) is 0 Å². The fourth-order valence-corrected chi connectivity index (χ4v) is 3.77. The lowest BCUT2D eigenvalue weighted by atomic mass is 10.2. The van der Waals surface area contributed by atoms with Gasteiger partial charge in [0.05, 0.1) is 0 Å². The number of aromatic nitrogens is 2. The van der Waals surface area contributed by atoms with Crippen molar-refractivity contribution in [2.75, 3.05) is 0 Å². The minimum atomic E-state index is -0.884. The lowest BCUT2D eigenvalue weighted by Crippen LogP contribution is -2.26. The van der Waals surface area contributed by atoms with Gasteiger partial charge in [0.1, 0.15) is 16.3 Å². The van der Waals surface area contributed by atoms with E-state index in [2.05, 4.69) is 37.9 Å². The van der Waals surface area contributed by atoms with Crippen molar-refractivity contribution in [1.82, 2.24) is 9.55 Å². The van der Waals surface area contributed by atoms with Crippen LogP contribution in [0.3, 0.4) is 0 Å². The first-order valence-electron chi connectivity index (χ1n) is 12.5. The van der Waals surface area contributed by atoms with Gasteiger partial charge in [-0.2, -0.15) is 0 Å². The Kier molecular flexibility index (Phi) is 16.2. The molecule has 200 valence electrons. The number of allylic oxidation sites excluding steroid dienone is 4. The summed E-state index contributed by atoms with van der Waals surface area (Å²) in [5.41, 5.74) is 7.38. The Morgan fingerprint density at radius 3 is 2.17 bits per heavy atom. The third-order valence-electron chi connectivity index (χ3n) is 4.95. The van der Waals surface area contributed by atoms with Crippen LogP contribution in [0.15, 0.2) is 59.3 Å². The van der Waals surface area contributed by atoms with Crippen molar-refractivity contribution in [3.05, 3.63) is 60.1 Å². The van der Waals surface area contributed by atoms with Gasteiger partial charge in [-0.3, -0.25) is 9.59 Å². The van der Waals surface area contributed by atoms with Crippen LogP contribution in [0.25, 0.3) is 11.4 Å². The fourth-order valence-electron chi connectivity index (χ4n) is 2.82. The number of carbonyl (C=O) groups excluding carboxylic acids is 1. The van der Waals surface area contributed by atoms with Crippen LogP contribution in [0, 0.1) is 5.92 Å². The first kappa shape index (κ1) is 33.2. The number of aliphatic carboxylic acids is 1. The van der Waals surface area contributed by atoms with Crippen LogP contribution in [-0.4, -0.2) is 31.7 Å². The Bertz CT molecular complexity index is 970. The molecule has 0 spiro atoms. The van der Waals surface area contributed by atoms with E-state index in [1.54, 1.807) is 20.0 Å². The molecule has 6 nitrogen and oxygen atoms in total. The van der Waals surface area contributed by atoms with Crippen LogP contribution in [0.4, 0.5) is 0 Å². The van der Waals surface area contributed by atoms with E-state index in [9.17, 15) is 14.7 Å². The van der Waals surface area contributed by atoms with E-state index >= 15 is 0 Å². The number of nitrogens with zero attached hydrogens (tertiary/aromatic N) is 2. The molecule has 0 radical (unpaired) electrons. The molecule has 0 amide bonds. The number of imidazole rings is 1. The van der Waals surface area contributed by atoms with Gasteiger partial charge >= 0.3 is 5.97 Å². The molecule has 0 aliphatic heterocycles. The number of nitrogens with two attached hydrogens (primary N) is 1. The summed E-state index contributed by atoms with van der Waals surface area (Å²) in [4.78, 5) is 27.6. The summed E-state index contributed by atoms with van der Waals surface area (Å²) in [5, 5.41) is 9.24. The average Bonchev–Trinajstić information content (AvgIpc) is 3.23. The zero-order valence-corrected chi connectivity index (χ0v) is 24.1. The van der Waals surface area contributed by atoms with Crippen LogP contribution in [0.5, 0.6) is 0 Å². The van der Waals surface area contributed by atoms with E-state index in [1.165, 1.54) is 11.8 Å². The van der Waals surface area contributed by atoms with Gasteiger partial charge in [0.2, 0.25) is 0 Å². The van der Waals surface area contributed by atoms with E-state index in [1.807, 2.05) is 55.7 Å². The van der Waals surface area contributed by atoms with Gasteiger partial charge in [-0.15, -0.1) is 11.8 Å². The molecule has 0 aliphatic rings. The molecule has 0 bridgehead atoms. The number of carbonyl (C=O) groups is 2. The van der Waals surface area contributed by atoms with E-state index in [0.717, 1.165) is 60.0 Å². The summed E-state index contributed by atoms with van der Waals surface area (Å²) >= 11 is 1.31. The number of carboxylic acids is 1. The molecule has 2 aromatic rings. The summed E-state index contributed by atoms with van der Waals surface area (Å²) in [6, 6.07) is 7.65. The van der Waals surface area contributed by atoms with E-state index in [4.69, 9.17) is 5.73 Å². The highest BCUT2D eigenvalue weighted by Crippen LogP contribution is 2.33. The molecule has 0 saturated carbocycles. The summed E-state index contributed by atoms with van der Waals surface area (Å²) < 4.78 is 1.13. The van der Waals surface area contributed by atoms with Crippen molar-refractivity contribution < 1.29 is 14.7 Å². The van der Waals surface area contributed by atoms with Crippen molar-refractivity contribution in [1.29, 1.82) is 0 Å². The molecule has 0 aliphatic carbocycles. The molecule has 1 aromatic heterocycles. The molecule has 36 heavy (non-hydrogen) atoms. The Hall–Kier alpha value is -2.80. The number of benzene rings is 1. The quantitative estimate of drug-likeness (QED) is 0.146. The molecule has 1 heterocycles. The average molecular weight is 516 g/mol. The van der Waals surface area contributed by atoms with Gasteiger partial charge in [-0.05, 0) is 59.1 Å². The van der Waals surface area contributed by atoms with Crippen molar-refractivity contribution >= 4 is 24.0 Å². The minimum Gasteiger partial charge on any atom is -0.480 e. The zero-order valence-electron chi connectivity index (χ0n) is 23.2. The first-order valence-corrected chi connectivity index (χ1v) is 13.3. The smallest absolute Gasteiger partial charge is 0.319 e. The Labute approximate surface area is 222 Å². The minimum absolute atomic E-state index is 0.428. The largest absolute Gasteiger partial charge is 0.480 e. The number of carboxylic acid groups (broad SMARTS) is 1. The van der Waals surface area contributed by atoms with Crippen LogP contribution >= 0.6 is 11.8 Å². The normalized spacial score (nSPS) is 11.5. The third kappa shape index (κ3) is 13.3. The number of aldehydes is 1. The molecule has 1 aromatic carbocycles. The van der Waals surface area contributed by atoms with Crippen LogP contribution in [-0.2, 0) is 11.3 Å². The summed E-state index contributed by atoms with van der Waals surface area (Å²) in [6.07, 6.45) is 12.0. The highest BCUT2D eigenvalue weighted by Gasteiger charge is 2.28. The Balaban J connectivity index is 0.000000931. The number of thioether (sulfide) groups is 1. The monoisotopic (exact) mass is 515 g/mol. The maximum Gasteiger partial charge on any atom is 0.319 e. The van der Waals surface area contributed by atoms with E-state index in [0.29, 0.717) is 5.69 Å². The van der Waals surface area contributed by atoms with Crippen molar-refractivity contribution in [2.24, 2.45) is 11.7 Å². The van der Waals surface area contributed by atoms with Crippen LogP contribution in [0.1, 0.15) is 85.1 Å². The fraction of sp³-hybridized carbons (Fsp3) is 0.483. The van der Waals surface area contributed by atoms with Gasteiger partial charge in [0, 0.05) is 28.9 Å². The van der Waals surface area contributed by atoms with Crippen molar-refractivity contribution in [3.8, 4) is 11.4 Å². The Morgan fingerprint density at radius 1 is 1.19 bits per heavy atom. The van der Waals surface area contributed by atoms with Crippen LogP contribution < -0.4 is 5.73 Å². The second-order valence-electron chi connectivity index (χ2n) is 9.25. The predicted molar refractivity (Wildman–Crippen MR) is 153 cm³/mol. The zero-order chi connectivity index (χ0) is 27.7. The molecule has 2 rings (SSSR count). The van der Waals surface area contributed by atoms with Gasteiger partial charge in [0.25, 0.3) is 0 Å². The Morgan fingerprint density at radius 2 is 1.78 bits per heavy atom. The number of unbranched alkanes of at least 4 members (excludes halogenated alkanes) is 2. The van der Waals surface area contributed by atoms with Gasteiger partial charge in [-0.25, -0.2) is 4.98 Å². The molecular formula is C29H45N3O3S. The second kappa shape index (κ2) is 17.6. The summed E-state index contributed by atoms with van der Waals surface area (Å²) in [7, 11) is 0.